The number of hydrogen-bond donors (Lipinski definition) is 0. The normalized spacial score (nSPS) is 13.2. The number of aromatic nitrogens is 4. The van der Waals surface area contributed by atoms with Crippen LogP contribution in [0.25, 0.3) is 95.0 Å². The summed E-state index contributed by atoms with van der Waals surface area (Å²) < 4.78 is 2.37. The third-order valence-electron chi connectivity index (χ3n) is 12.7. The first-order valence-electron chi connectivity index (χ1n) is 21.6. The minimum absolute atomic E-state index is 0.215. The van der Waals surface area contributed by atoms with Crippen molar-refractivity contribution in [1.82, 2.24) is 19.5 Å². The Bertz CT molecular complexity index is 3390. The maximum absolute atomic E-state index is 4.96. The molecule has 1 atom stereocenters. The average molecular weight is 805 g/mol. The highest BCUT2D eigenvalue weighted by Crippen LogP contribution is 2.45. The van der Waals surface area contributed by atoms with E-state index in [2.05, 4.69) is 168 Å². The summed E-state index contributed by atoms with van der Waals surface area (Å²) in [5.74, 6) is 2.18. The SMILES string of the molecule is c1ccc(-c2nc(-c3ccccc3)nc(-c3ccc(-c4ccc5c(c4)C(c4ccc(-c6ccc7c(c6)c6ccccc6n7-c6ccccc6)cc4)Cc4ccccc4-5)cc3)n2)cc1. The summed E-state index contributed by atoms with van der Waals surface area (Å²) in [7, 11) is 0. The zero-order chi connectivity index (χ0) is 41.7. The van der Waals surface area contributed by atoms with Crippen molar-refractivity contribution in [2.45, 2.75) is 12.3 Å². The van der Waals surface area contributed by atoms with E-state index in [1.54, 1.807) is 0 Å². The van der Waals surface area contributed by atoms with Crippen molar-refractivity contribution in [2.75, 3.05) is 0 Å². The lowest BCUT2D eigenvalue weighted by Gasteiger charge is -2.29. The molecule has 0 N–H and O–H groups in total. The summed E-state index contributed by atoms with van der Waals surface area (Å²) in [6.45, 7) is 0. The van der Waals surface area contributed by atoms with Crippen LogP contribution in [-0.4, -0.2) is 19.5 Å². The second kappa shape index (κ2) is 15.4. The second-order valence-electron chi connectivity index (χ2n) is 16.4. The molecule has 0 saturated carbocycles. The molecule has 4 nitrogen and oxygen atoms in total. The first-order valence-corrected chi connectivity index (χ1v) is 21.6. The van der Waals surface area contributed by atoms with Crippen molar-refractivity contribution in [1.29, 1.82) is 0 Å². The molecule has 1 aliphatic carbocycles. The summed E-state index contributed by atoms with van der Waals surface area (Å²) >= 11 is 0. The molecule has 0 amide bonds. The molecule has 0 bridgehead atoms. The molecule has 63 heavy (non-hydrogen) atoms. The van der Waals surface area contributed by atoms with Crippen LogP contribution in [0.15, 0.2) is 224 Å². The Balaban J connectivity index is 0.886. The van der Waals surface area contributed by atoms with Crippen LogP contribution >= 0.6 is 0 Å². The van der Waals surface area contributed by atoms with Gasteiger partial charge < -0.3 is 4.57 Å². The van der Waals surface area contributed by atoms with Crippen molar-refractivity contribution in [3.63, 3.8) is 0 Å². The van der Waals surface area contributed by atoms with Crippen LogP contribution in [0.4, 0.5) is 0 Å². The topological polar surface area (TPSA) is 43.6 Å². The summed E-state index contributed by atoms with van der Waals surface area (Å²) in [6.07, 6.45) is 0.947. The average Bonchev–Trinajstić information content (AvgIpc) is 3.70. The van der Waals surface area contributed by atoms with Gasteiger partial charge in [-0.05, 0) is 92.9 Å². The standard InChI is InChI=1S/C59H40N4/c1-4-14-42(15-5-1)57-60-58(43-16-6-2-7-17-43)62-59(61-57)44-30-26-40(27-31-44)45-32-34-50-49-21-11-10-18-47(49)38-52(53(50)36-45)41-28-24-39(25-29-41)46-33-35-56-54(37-46)51-22-12-13-23-55(51)63(56)48-19-8-3-9-20-48/h1-37,52H,38H2. The van der Waals surface area contributed by atoms with E-state index in [-0.39, 0.29) is 5.92 Å². The number of hydrogen-bond acceptors (Lipinski definition) is 3. The van der Waals surface area contributed by atoms with E-state index < -0.39 is 0 Å². The summed E-state index contributed by atoms with van der Waals surface area (Å²) in [5, 5.41) is 2.52. The van der Waals surface area contributed by atoms with Gasteiger partial charge >= 0.3 is 0 Å². The number of nitrogens with zero attached hydrogens (tertiary/aromatic N) is 4. The second-order valence-corrected chi connectivity index (χ2v) is 16.4. The van der Waals surface area contributed by atoms with Gasteiger partial charge in [-0.15, -0.1) is 0 Å². The highest BCUT2D eigenvalue weighted by Gasteiger charge is 2.27. The molecule has 9 aromatic carbocycles. The van der Waals surface area contributed by atoms with Gasteiger partial charge in [0.2, 0.25) is 0 Å². The Morgan fingerprint density at radius 1 is 0.349 bits per heavy atom. The van der Waals surface area contributed by atoms with Gasteiger partial charge in [0.15, 0.2) is 17.5 Å². The van der Waals surface area contributed by atoms with Gasteiger partial charge in [0, 0.05) is 39.1 Å². The summed E-state index contributed by atoms with van der Waals surface area (Å²) in [5.41, 5.74) is 17.9. The van der Waals surface area contributed by atoms with Gasteiger partial charge in [0.1, 0.15) is 0 Å². The lowest BCUT2D eigenvalue weighted by Crippen LogP contribution is -2.13. The summed E-state index contributed by atoms with van der Waals surface area (Å²) in [4.78, 5) is 14.8. The first-order chi connectivity index (χ1) is 31.2. The monoisotopic (exact) mass is 804 g/mol. The van der Waals surface area contributed by atoms with E-state index in [9.17, 15) is 0 Å². The van der Waals surface area contributed by atoms with Crippen LogP contribution < -0.4 is 0 Å². The molecule has 296 valence electrons. The molecule has 12 rings (SSSR count). The predicted molar refractivity (Wildman–Crippen MR) is 259 cm³/mol. The Hall–Kier alpha value is -8.21. The number of para-hydroxylation sites is 2. The minimum Gasteiger partial charge on any atom is -0.309 e. The fourth-order valence-corrected chi connectivity index (χ4v) is 9.53. The third kappa shape index (κ3) is 6.61. The number of fused-ring (bicyclic) bond motifs is 6. The molecule has 2 heterocycles. The smallest absolute Gasteiger partial charge is 0.164 e. The van der Waals surface area contributed by atoms with Crippen LogP contribution in [0, 0.1) is 0 Å². The highest BCUT2D eigenvalue weighted by molar-refractivity contribution is 6.10. The Labute approximate surface area is 366 Å². The van der Waals surface area contributed by atoms with Gasteiger partial charge in [-0.3, -0.25) is 0 Å². The molecule has 0 radical (unpaired) electrons. The van der Waals surface area contributed by atoms with E-state index in [1.807, 2.05) is 60.7 Å². The molecule has 4 heteroatoms. The minimum atomic E-state index is 0.215. The molecule has 1 aliphatic rings. The van der Waals surface area contributed by atoms with Crippen molar-refractivity contribution in [2.24, 2.45) is 0 Å². The van der Waals surface area contributed by atoms with E-state index in [0.29, 0.717) is 17.5 Å². The Morgan fingerprint density at radius 2 is 0.841 bits per heavy atom. The number of rotatable bonds is 7. The van der Waals surface area contributed by atoms with Gasteiger partial charge in [0.05, 0.1) is 11.0 Å². The van der Waals surface area contributed by atoms with Crippen molar-refractivity contribution in [3.05, 3.63) is 241 Å². The maximum atomic E-state index is 4.96. The zero-order valence-corrected chi connectivity index (χ0v) is 34.4. The Morgan fingerprint density at radius 3 is 1.52 bits per heavy atom. The molecule has 1 unspecified atom stereocenters. The molecular formula is C59H40N4. The van der Waals surface area contributed by atoms with Gasteiger partial charge in [-0.2, -0.15) is 0 Å². The maximum Gasteiger partial charge on any atom is 0.164 e. The quantitative estimate of drug-likeness (QED) is 0.161. The van der Waals surface area contributed by atoms with Crippen LogP contribution in [0.3, 0.4) is 0 Å². The molecule has 0 spiro atoms. The van der Waals surface area contributed by atoms with Crippen molar-refractivity contribution < 1.29 is 0 Å². The van der Waals surface area contributed by atoms with Crippen LogP contribution in [0.2, 0.25) is 0 Å². The molecule has 0 fully saturated rings. The highest BCUT2D eigenvalue weighted by atomic mass is 15.0. The van der Waals surface area contributed by atoms with Crippen molar-refractivity contribution in [3.8, 4) is 73.2 Å². The van der Waals surface area contributed by atoms with Gasteiger partial charge in [-0.25, -0.2) is 15.0 Å². The molecule has 11 aromatic rings. The van der Waals surface area contributed by atoms with Crippen LogP contribution in [-0.2, 0) is 6.42 Å². The van der Waals surface area contributed by atoms with Crippen molar-refractivity contribution >= 4 is 21.8 Å². The Kier molecular flexibility index (Phi) is 8.93. The van der Waals surface area contributed by atoms with Crippen LogP contribution in [0.5, 0.6) is 0 Å². The predicted octanol–water partition coefficient (Wildman–Crippen LogP) is 14.7. The molecule has 0 saturated heterocycles. The van der Waals surface area contributed by atoms with E-state index in [4.69, 9.17) is 15.0 Å². The first kappa shape index (κ1) is 36.6. The van der Waals surface area contributed by atoms with E-state index in [0.717, 1.165) is 28.7 Å². The lowest BCUT2D eigenvalue weighted by molar-refractivity contribution is 0.794. The largest absolute Gasteiger partial charge is 0.309 e. The molecular weight excluding hydrogens is 765 g/mol. The zero-order valence-electron chi connectivity index (χ0n) is 34.4. The fourth-order valence-electron chi connectivity index (χ4n) is 9.53. The lowest BCUT2D eigenvalue weighted by atomic mass is 9.75. The molecule has 2 aromatic heterocycles. The van der Waals surface area contributed by atoms with Gasteiger partial charge in [0.25, 0.3) is 0 Å². The van der Waals surface area contributed by atoms with E-state index >= 15 is 0 Å². The summed E-state index contributed by atoms with van der Waals surface area (Å²) in [6, 6.07) is 80.4. The molecule has 0 aliphatic heterocycles. The fraction of sp³-hybridized carbons (Fsp3) is 0.0339. The third-order valence-corrected chi connectivity index (χ3v) is 12.7. The van der Waals surface area contributed by atoms with E-state index in [1.165, 1.54) is 72.0 Å². The van der Waals surface area contributed by atoms with Gasteiger partial charge in [-0.1, -0.05) is 188 Å². The number of benzene rings is 9. The van der Waals surface area contributed by atoms with Crippen LogP contribution in [0.1, 0.15) is 22.6 Å².